The van der Waals surface area contributed by atoms with Gasteiger partial charge in [0.25, 0.3) is 0 Å². The molecule has 0 bridgehead atoms. The molecule has 0 aliphatic carbocycles. The normalized spacial score (nSPS) is 10.2. The Kier molecular flexibility index (Phi) is 4.17. The lowest BCUT2D eigenvalue weighted by molar-refractivity contribution is -0.121. The molecular weight excluding hydrogens is 174 g/mol. The van der Waals surface area contributed by atoms with Gasteiger partial charge in [-0.3, -0.25) is 4.79 Å². The van der Waals surface area contributed by atoms with Crippen LogP contribution in [-0.4, -0.2) is 11.9 Å². The fourth-order valence-electron chi connectivity index (χ4n) is 1.25. The van der Waals surface area contributed by atoms with Crippen molar-refractivity contribution in [1.82, 2.24) is 5.32 Å². The fourth-order valence-corrected chi connectivity index (χ4v) is 1.25. The summed E-state index contributed by atoms with van der Waals surface area (Å²) in [7, 11) is 0. The number of nitrogens with zero attached hydrogens (tertiary/aromatic N) is 1. The number of carbonyl (C=O) groups excluding carboxylic acids is 1. The van der Waals surface area contributed by atoms with Gasteiger partial charge in [0, 0.05) is 12.5 Å². The lowest BCUT2D eigenvalue weighted by Crippen LogP contribution is -2.22. The van der Waals surface area contributed by atoms with E-state index in [-0.39, 0.29) is 11.9 Å². The summed E-state index contributed by atoms with van der Waals surface area (Å²) >= 11 is 0. The van der Waals surface area contributed by atoms with Crippen molar-refractivity contribution in [2.24, 2.45) is 0 Å². The summed E-state index contributed by atoms with van der Waals surface area (Å²) in [5, 5.41) is 3.95. The van der Waals surface area contributed by atoms with Crippen LogP contribution in [0.5, 0.6) is 0 Å². The van der Waals surface area contributed by atoms with E-state index in [0.717, 1.165) is 6.42 Å². The highest BCUT2D eigenvalue weighted by atomic mass is 16.1. The van der Waals surface area contributed by atoms with E-state index >= 15 is 0 Å². The largest absolute Gasteiger partial charge is 0.273 e. The smallest absolute Gasteiger partial charge is 0.241 e. The van der Waals surface area contributed by atoms with Gasteiger partial charge in [-0.05, 0) is 25.8 Å². The number of hydrogen-bond donors (Lipinski definition) is 0. The van der Waals surface area contributed by atoms with E-state index in [4.69, 9.17) is 0 Å². The molecule has 0 heterocycles. The maximum Gasteiger partial charge on any atom is 0.241 e. The number of aryl methyl sites for hydroxylation is 1. The van der Waals surface area contributed by atoms with Gasteiger partial charge in [-0.1, -0.05) is 30.3 Å². The number of amides is 1. The van der Waals surface area contributed by atoms with Crippen molar-refractivity contribution in [2.75, 3.05) is 0 Å². The van der Waals surface area contributed by atoms with Crippen molar-refractivity contribution >= 4 is 5.91 Å². The molecule has 2 heteroatoms. The number of benzene rings is 1. The van der Waals surface area contributed by atoms with E-state index in [9.17, 15) is 4.79 Å². The van der Waals surface area contributed by atoms with Crippen LogP contribution in [0.4, 0.5) is 0 Å². The summed E-state index contributed by atoms with van der Waals surface area (Å²) in [6.45, 7) is 3.83. The van der Waals surface area contributed by atoms with Gasteiger partial charge in [0.1, 0.15) is 0 Å². The van der Waals surface area contributed by atoms with Crippen LogP contribution in [0.2, 0.25) is 0 Å². The SMILES string of the molecule is CC(C)[N]C(=O)CCc1ccccc1. The van der Waals surface area contributed by atoms with Crippen LogP contribution in [0.1, 0.15) is 25.8 Å². The molecule has 1 aromatic rings. The first kappa shape index (κ1) is 10.8. The molecule has 75 valence electrons. The van der Waals surface area contributed by atoms with Crippen LogP contribution >= 0.6 is 0 Å². The third-order valence-electron chi connectivity index (χ3n) is 1.87. The molecule has 2 nitrogen and oxygen atoms in total. The lowest BCUT2D eigenvalue weighted by Gasteiger charge is -2.04. The Morgan fingerprint density at radius 2 is 1.93 bits per heavy atom. The standard InChI is InChI=1S/C12H16NO/c1-10(2)13-12(14)9-8-11-6-4-3-5-7-11/h3-7,10H,8-9H2,1-2H3. The van der Waals surface area contributed by atoms with Gasteiger partial charge in [0.2, 0.25) is 5.91 Å². The Morgan fingerprint density at radius 1 is 1.29 bits per heavy atom. The summed E-state index contributed by atoms with van der Waals surface area (Å²) in [6, 6.07) is 10.1. The summed E-state index contributed by atoms with van der Waals surface area (Å²) in [4.78, 5) is 11.3. The molecule has 1 aromatic carbocycles. The summed E-state index contributed by atoms with van der Waals surface area (Å²) < 4.78 is 0. The van der Waals surface area contributed by atoms with E-state index in [2.05, 4.69) is 5.32 Å². The maximum atomic E-state index is 11.3. The minimum absolute atomic E-state index is 0.00357. The third kappa shape index (κ3) is 4.08. The minimum Gasteiger partial charge on any atom is -0.273 e. The summed E-state index contributed by atoms with van der Waals surface area (Å²) in [6.07, 6.45) is 1.30. The first-order chi connectivity index (χ1) is 6.68. The molecule has 0 aliphatic rings. The average Bonchev–Trinajstić information content (AvgIpc) is 2.15. The van der Waals surface area contributed by atoms with Crippen LogP contribution in [0, 0.1) is 0 Å². The second kappa shape index (κ2) is 5.43. The second-order valence-corrected chi connectivity index (χ2v) is 3.60. The van der Waals surface area contributed by atoms with Crippen molar-refractivity contribution in [3.63, 3.8) is 0 Å². The van der Waals surface area contributed by atoms with Crippen LogP contribution in [0.3, 0.4) is 0 Å². The average molecular weight is 190 g/mol. The van der Waals surface area contributed by atoms with E-state index < -0.39 is 0 Å². The molecule has 0 atom stereocenters. The molecule has 0 N–H and O–H groups in total. The van der Waals surface area contributed by atoms with Crippen molar-refractivity contribution in [2.45, 2.75) is 32.7 Å². The predicted molar refractivity (Wildman–Crippen MR) is 57.0 cm³/mol. The van der Waals surface area contributed by atoms with E-state index in [1.807, 2.05) is 44.2 Å². The van der Waals surface area contributed by atoms with Gasteiger partial charge in [0.15, 0.2) is 0 Å². The van der Waals surface area contributed by atoms with Crippen LogP contribution in [0.15, 0.2) is 30.3 Å². The third-order valence-corrected chi connectivity index (χ3v) is 1.87. The van der Waals surface area contributed by atoms with Crippen LogP contribution in [0.25, 0.3) is 0 Å². The molecule has 0 fully saturated rings. The highest BCUT2D eigenvalue weighted by Crippen LogP contribution is 2.02. The number of hydrogen-bond acceptors (Lipinski definition) is 1. The van der Waals surface area contributed by atoms with Crippen LogP contribution in [-0.2, 0) is 11.2 Å². The quantitative estimate of drug-likeness (QED) is 0.715. The summed E-state index contributed by atoms with van der Waals surface area (Å²) in [5.41, 5.74) is 1.19. The zero-order chi connectivity index (χ0) is 10.4. The Labute approximate surface area is 85.3 Å². The van der Waals surface area contributed by atoms with Crippen molar-refractivity contribution in [3.05, 3.63) is 35.9 Å². The summed E-state index contributed by atoms with van der Waals surface area (Å²) in [5.74, 6) is 0.00357. The first-order valence-electron chi connectivity index (χ1n) is 4.96. The Morgan fingerprint density at radius 3 is 2.50 bits per heavy atom. The molecule has 0 saturated carbocycles. The highest BCUT2D eigenvalue weighted by Gasteiger charge is 2.05. The van der Waals surface area contributed by atoms with Gasteiger partial charge in [-0.25, -0.2) is 5.32 Å². The van der Waals surface area contributed by atoms with Crippen LogP contribution < -0.4 is 5.32 Å². The van der Waals surface area contributed by atoms with Gasteiger partial charge in [-0.15, -0.1) is 0 Å². The van der Waals surface area contributed by atoms with Gasteiger partial charge < -0.3 is 0 Å². The molecule has 0 aromatic heterocycles. The molecule has 0 spiro atoms. The lowest BCUT2D eigenvalue weighted by atomic mass is 10.1. The molecule has 1 radical (unpaired) electrons. The second-order valence-electron chi connectivity index (χ2n) is 3.60. The monoisotopic (exact) mass is 190 g/mol. The molecule has 0 saturated heterocycles. The first-order valence-corrected chi connectivity index (χ1v) is 4.96. The molecule has 1 rings (SSSR count). The Bertz CT molecular complexity index is 280. The molecule has 14 heavy (non-hydrogen) atoms. The molecule has 0 aliphatic heterocycles. The Hall–Kier alpha value is -1.31. The topological polar surface area (TPSA) is 31.2 Å². The molecular formula is C12H16NO. The number of carbonyl (C=O) groups is 1. The Balaban J connectivity index is 2.31. The fraction of sp³-hybridized carbons (Fsp3) is 0.417. The predicted octanol–water partition coefficient (Wildman–Crippen LogP) is 2.16. The van der Waals surface area contributed by atoms with E-state index in [1.54, 1.807) is 0 Å². The van der Waals surface area contributed by atoms with Crippen molar-refractivity contribution in [3.8, 4) is 0 Å². The minimum atomic E-state index is 0.00357. The zero-order valence-electron chi connectivity index (χ0n) is 8.73. The molecule has 0 unspecified atom stereocenters. The maximum absolute atomic E-state index is 11.3. The highest BCUT2D eigenvalue weighted by molar-refractivity contribution is 5.76. The van der Waals surface area contributed by atoms with Gasteiger partial charge in [-0.2, -0.15) is 0 Å². The zero-order valence-corrected chi connectivity index (χ0v) is 8.73. The number of rotatable bonds is 4. The van der Waals surface area contributed by atoms with Crippen molar-refractivity contribution < 1.29 is 4.79 Å². The van der Waals surface area contributed by atoms with Gasteiger partial charge in [0.05, 0.1) is 0 Å². The van der Waals surface area contributed by atoms with Crippen molar-refractivity contribution in [1.29, 1.82) is 0 Å². The van der Waals surface area contributed by atoms with E-state index in [1.165, 1.54) is 5.56 Å². The van der Waals surface area contributed by atoms with Gasteiger partial charge >= 0.3 is 0 Å². The van der Waals surface area contributed by atoms with E-state index in [0.29, 0.717) is 6.42 Å². The molecule has 1 amide bonds.